The van der Waals surface area contributed by atoms with Gasteiger partial charge in [-0.2, -0.15) is 0 Å². The third kappa shape index (κ3) is 5.51. The fourth-order valence-corrected chi connectivity index (χ4v) is 2.64. The van der Waals surface area contributed by atoms with E-state index in [9.17, 15) is 9.90 Å². The summed E-state index contributed by atoms with van der Waals surface area (Å²) in [5.74, 6) is -0.900. The van der Waals surface area contributed by atoms with Gasteiger partial charge in [0, 0.05) is 21.4 Å². The number of aromatic hydroxyl groups is 1. The molecular weight excluding hydrogens is 465 g/mol. The van der Waals surface area contributed by atoms with E-state index in [0.29, 0.717) is 16.7 Å². The van der Waals surface area contributed by atoms with Gasteiger partial charge in [0.15, 0.2) is 5.69 Å². The summed E-state index contributed by atoms with van der Waals surface area (Å²) < 4.78 is 6.07. The second-order valence-electron chi connectivity index (χ2n) is 5.27. The molecule has 1 amide bonds. The first-order valence-electron chi connectivity index (χ1n) is 7.61. The van der Waals surface area contributed by atoms with Crippen LogP contribution in [0.5, 0.6) is 11.6 Å². The molecule has 0 fully saturated rings. The van der Waals surface area contributed by atoms with Crippen LogP contribution in [0.4, 0.5) is 5.69 Å². The van der Waals surface area contributed by atoms with E-state index in [1.165, 1.54) is 7.11 Å². The Morgan fingerprint density at radius 3 is 2.56 bits per heavy atom. The van der Waals surface area contributed by atoms with Crippen LogP contribution in [0.1, 0.15) is 17.3 Å². The number of benzene rings is 2. The average Bonchev–Trinajstić information content (AvgIpc) is 2.93. The lowest BCUT2D eigenvalue weighted by molar-refractivity contribution is -0.134. The van der Waals surface area contributed by atoms with Gasteiger partial charge in [0.25, 0.3) is 11.9 Å². The van der Waals surface area contributed by atoms with Crippen LogP contribution in [0.25, 0.3) is 10.9 Å². The summed E-state index contributed by atoms with van der Waals surface area (Å²) in [6.07, 6.45) is 0. The van der Waals surface area contributed by atoms with E-state index in [1.807, 2.05) is 18.2 Å². The SMILES string of the molecule is CC(=O)O.COc1cccc(C(=O)N=Nc2c(O)[nH]c3ccc(I)cc23)c1. The summed E-state index contributed by atoms with van der Waals surface area (Å²) in [7, 11) is 1.52. The van der Waals surface area contributed by atoms with Gasteiger partial charge in [-0.05, 0) is 59.0 Å². The van der Waals surface area contributed by atoms with Gasteiger partial charge in [0.2, 0.25) is 5.88 Å². The number of carboxylic acids is 1. The molecule has 3 aromatic rings. The molecule has 0 spiro atoms. The van der Waals surface area contributed by atoms with Crippen molar-refractivity contribution in [2.45, 2.75) is 6.92 Å². The number of fused-ring (bicyclic) bond motifs is 1. The lowest BCUT2D eigenvalue weighted by Gasteiger charge is -2.00. The number of methoxy groups -OCH3 is 1. The van der Waals surface area contributed by atoms with Gasteiger partial charge in [0.05, 0.1) is 12.6 Å². The lowest BCUT2D eigenvalue weighted by atomic mass is 10.2. The molecule has 0 saturated heterocycles. The minimum atomic E-state index is -0.833. The van der Waals surface area contributed by atoms with Crippen LogP contribution in [0.2, 0.25) is 0 Å². The zero-order valence-electron chi connectivity index (χ0n) is 14.4. The molecule has 27 heavy (non-hydrogen) atoms. The first kappa shape index (κ1) is 20.4. The van der Waals surface area contributed by atoms with Crippen LogP contribution in [0, 0.1) is 3.57 Å². The highest BCUT2D eigenvalue weighted by Crippen LogP contribution is 2.36. The van der Waals surface area contributed by atoms with Gasteiger partial charge in [-0.25, -0.2) is 0 Å². The maximum absolute atomic E-state index is 12.1. The third-order valence-electron chi connectivity index (χ3n) is 3.27. The van der Waals surface area contributed by atoms with Crippen LogP contribution < -0.4 is 4.74 Å². The molecule has 1 aromatic heterocycles. The number of halogens is 1. The molecule has 140 valence electrons. The van der Waals surface area contributed by atoms with Gasteiger partial charge in [-0.15, -0.1) is 10.2 Å². The number of azo groups is 1. The zero-order valence-corrected chi connectivity index (χ0v) is 16.6. The van der Waals surface area contributed by atoms with Gasteiger partial charge < -0.3 is 19.9 Å². The summed E-state index contributed by atoms with van der Waals surface area (Å²) in [6, 6.07) is 12.2. The van der Waals surface area contributed by atoms with Gasteiger partial charge >= 0.3 is 0 Å². The monoisotopic (exact) mass is 481 g/mol. The van der Waals surface area contributed by atoms with E-state index in [2.05, 4.69) is 37.8 Å². The maximum atomic E-state index is 12.1. The molecular formula is C18H16IN3O5. The molecule has 0 unspecified atom stereocenters. The van der Waals surface area contributed by atoms with Crippen molar-refractivity contribution >= 4 is 51.1 Å². The minimum Gasteiger partial charge on any atom is -0.497 e. The summed E-state index contributed by atoms with van der Waals surface area (Å²) >= 11 is 2.16. The van der Waals surface area contributed by atoms with E-state index in [4.69, 9.17) is 14.6 Å². The standard InChI is InChI=1S/C16H12IN3O3.C2H4O2/c1-23-11-4-2-3-9(7-11)15(21)20-19-14-12-8-10(17)5-6-13(12)18-16(14)22;1-2(3)4/h2-8,18,22H,1H3;1H3,(H,3,4). The third-order valence-corrected chi connectivity index (χ3v) is 3.94. The summed E-state index contributed by atoms with van der Waals surface area (Å²) in [4.78, 5) is 23.9. The minimum absolute atomic E-state index is 0.121. The molecule has 8 nitrogen and oxygen atoms in total. The van der Waals surface area contributed by atoms with Crippen molar-refractivity contribution in [3.05, 3.63) is 51.6 Å². The number of carbonyl (C=O) groups is 2. The predicted molar refractivity (Wildman–Crippen MR) is 108 cm³/mol. The Bertz CT molecular complexity index is 1010. The number of nitrogens with one attached hydrogen (secondary N) is 1. The Balaban J connectivity index is 0.000000596. The largest absolute Gasteiger partial charge is 0.497 e. The van der Waals surface area contributed by atoms with Crippen molar-refractivity contribution in [3.63, 3.8) is 0 Å². The van der Waals surface area contributed by atoms with Crippen LogP contribution >= 0.6 is 22.6 Å². The molecule has 9 heteroatoms. The fourth-order valence-electron chi connectivity index (χ4n) is 2.15. The normalized spacial score (nSPS) is 10.5. The number of nitrogens with zero attached hydrogens (tertiary/aromatic N) is 2. The summed E-state index contributed by atoms with van der Waals surface area (Å²) in [5.41, 5.74) is 1.34. The highest BCUT2D eigenvalue weighted by Gasteiger charge is 2.12. The fraction of sp³-hybridized carbons (Fsp3) is 0.111. The van der Waals surface area contributed by atoms with Crippen molar-refractivity contribution in [1.82, 2.24) is 4.98 Å². The molecule has 0 aliphatic carbocycles. The number of amides is 1. The molecule has 0 aliphatic heterocycles. The maximum Gasteiger partial charge on any atom is 0.300 e. The van der Waals surface area contributed by atoms with Crippen molar-refractivity contribution in [1.29, 1.82) is 0 Å². The molecule has 3 N–H and O–H groups in total. The van der Waals surface area contributed by atoms with Crippen molar-refractivity contribution in [2.75, 3.05) is 7.11 Å². The number of hydrogen-bond donors (Lipinski definition) is 3. The molecule has 0 atom stereocenters. The second kappa shape index (κ2) is 9.12. The number of aromatic amines is 1. The lowest BCUT2D eigenvalue weighted by Crippen LogP contribution is -1.94. The topological polar surface area (TPSA) is 124 Å². The van der Waals surface area contributed by atoms with E-state index in [0.717, 1.165) is 16.0 Å². The number of hydrogen-bond acceptors (Lipinski definition) is 5. The quantitative estimate of drug-likeness (QED) is 0.375. The van der Waals surface area contributed by atoms with Crippen molar-refractivity contribution in [3.8, 4) is 11.6 Å². The van der Waals surface area contributed by atoms with E-state index in [1.54, 1.807) is 24.3 Å². The number of H-pyrrole nitrogens is 1. The van der Waals surface area contributed by atoms with Crippen LogP contribution in [-0.4, -0.2) is 34.2 Å². The molecule has 1 heterocycles. The van der Waals surface area contributed by atoms with Crippen LogP contribution in [-0.2, 0) is 4.79 Å². The van der Waals surface area contributed by atoms with E-state index >= 15 is 0 Å². The highest BCUT2D eigenvalue weighted by atomic mass is 127. The zero-order chi connectivity index (χ0) is 20.0. The Hall–Kier alpha value is -2.95. The number of carbonyl (C=O) groups excluding carboxylic acids is 1. The Labute approximate surface area is 168 Å². The first-order valence-corrected chi connectivity index (χ1v) is 8.69. The number of aromatic nitrogens is 1. The predicted octanol–water partition coefficient (Wildman–Crippen LogP) is 4.50. The second-order valence-corrected chi connectivity index (χ2v) is 6.51. The molecule has 0 aliphatic rings. The van der Waals surface area contributed by atoms with Gasteiger partial charge in [0.1, 0.15) is 5.75 Å². The number of carboxylic acid groups (broad SMARTS) is 1. The Morgan fingerprint density at radius 1 is 1.19 bits per heavy atom. The Kier molecular flexibility index (Phi) is 6.88. The van der Waals surface area contributed by atoms with E-state index < -0.39 is 11.9 Å². The molecule has 0 radical (unpaired) electrons. The molecule has 3 rings (SSSR count). The number of ether oxygens (including phenoxy) is 1. The van der Waals surface area contributed by atoms with E-state index in [-0.39, 0.29) is 11.6 Å². The van der Waals surface area contributed by atoms with Crippen molar-refractivity contribution < 1.29 is 24.5 Å². The Morgan fingerprint density at radius 2 is 1.89 bits per heavy atom. The smallest absolute Gasteiger partial charge is 0.300 e. The van der Waals surface area contributed by atoms with Crippen LogP contribution in [0.15, 0.2) is 52.7 Å². The van der Waals surface area contributed by atoms with Gasteiger partial charge in [-0.3, -0.25) is 9.59 Å². The average molecular weight is 481 g/mol. The first-order chi connectivity index (χ1) is 12.8. The number of aliphatic carboxylic acids is 1. The van der Waals surface area contributed by atoms with Gasteiger partial charge in [-0.1, -0.05) is 6.07 Å². The van der Waals surface area contributed by atoms with Crippen LogP contribution in [0.3, 0.4) is 0 Å². The van der Waals surface area contributed by atoms with Crippen molar-refractivity contribution in [2.24, 2.45) is 10.2 Å². The molecule has 2 aromatic carbocycles. The molecule has 0 saturated carbocycles. The summed E-state index contributed by atoms with van der Waals surface area (Å²) in [5, 5.41) is 25.7. The highest BCUT2D eigenvalue weighted by molar-refractivity contribution is 14.1. The summed E-state index contributed by atoms with van der Waals surface area (Å²) in [6.45, 7) is 1.08. The molecule has 0 bridgehead atoms. The number of rotatable bonds is 3.